The Bertz CT molecular complexity index is 769. The summed E-state index contributed by atoms with van der Waals surface area (Å²) < 4.78 is 2.31. The molecule has 0 saturated carbocycles. The standard InChI is InChI=1S/C22H28N2/c1-15-10-17(3)21(18(4)11-15)23-8-7-9-24(14-23)22-19(5)12-16(2)13-20(22)6/h10-13H,7-9H2,1-6H3. The molecule has 2 heteroatoms. The fourth-order valence-corrected chi connectivity index (χ4v) is 4.15. The minimum Gasteiger partial charge on any atom is -0.337 e. The Morgan fingerprint density at radius 3 is 1.83 bits per heavy atom. The van der Waals surface area contributed by atoms with Crippen LogP contribution in [0, 0.1) is 41.5 Å². The molecule has 0 spiro atoms. The largest absolute Gasteiger partial charge is 0.337 e. The summed E-state index contributed by atoms with van der Waals surface area (Å²) in [6, 6.07) is 9.08. The summed E-state index contributed by atoms with van der Waals surface area (Å²) in [6.45, 7) is 15.2. The van der Waals surface area contributed by atoms with Crippen molar-refractivity contribution in [3.05, 3.63) is 57.6 Å². The molecule has 1 aliphatic rings. The molecule has 2 aromatic carbocycles. The lowest BCUT2D eigenvalue weighted by molar-refractivity contribution is -0.441. The van der Waals surface area contributed by atoms with Gasteiger partial charge in [0.15, 0.2) is 0 Å². The molecule has 1 heterocycles. The SMILES string of the molecule is Cc1cc(C)c(N2[C-]=[N+](c3c(C)cc(C)cc3C)CCC2)c(C)c1. The van der Waals surface area contributed by atoms with Crippen LogP contribution in [0.4, 0.5) is 11.4 Å². The van der Waals surface area contributed by atoms with Gasteiger partial charge in [-0.25, -0.2) is 0 Å². The van der Waals surface area contributed by atoms with E-state index in [1.807, 2.05) is 0 Å². The molecule has 24 heavy (non-hydrogen) atoms. The molecule has 3 rings (SSSR count). The number of rotatable bonds is 2. The second-order valence-electron chi connectivity index (χ2n) is 7.25. The van der Waals surface area contributed by atoms with Crippen molar-refractivity contribution in [1.29, 1.82) is 0 Å². The number of hydrogen-bond acceptors (Lipinski definition) is 1. The molecule has 0 bridgehead atoms. The number of hydrogen-bond donors (Lipinski definition) is 0. The average Bonchev–Trinajstić information content (AvgIpc) is 2.45. The Hall–Kier alpha value is -2.09. The van der Waals surface area contributed by atoms with Gasteiger partial charge in [-0.2, -0.15) is 0 Å². The highest BCUT2D eigenvalue weighted by Gasteiger charge is 2.18. The summed E-state index contributed by atoms with van der Waals surface area (Å²) >= 11 is 0. The normalized spacial score (nSPS) is 14.8. The van der Waals surface area contributed by atoms with Gasteiger partial charge < -0.3 is 9.48 Å². The molecule has 0 fully saturated rings. The van der Waals surface area contributed by atoms with E-state index in [1.54, 1.807) is 0 Å². The predicted molar refractivity (Wildman–Crippen MR) is 103 cm³/mol. The zero-order valence-electron chi connectivity index (χ0n) is 15.8. The van der Waals surface area contributed by atoms with Crippen LogP contribution >= 0.6 is 0 Å². The maximum Gasteiger partial charge on any atom is 0.206 e. The van der Waals surface area contributed by atoms with E-state index in [1.165, 1.54) is 44.8 Å². The molecule has 2 aromatic rings. The van der Waals surface area contributed by atoms with Gasteiger partial charge >= 0.3 is 0 Å². The smallest absolute Gasteiger partial charge is 0.206 e. The molecule has 0 aromatic heterocycles. The highest BCUT2D eigenvalue weighted by molar-refractivity contribution is 5.81. The summed E-state index contributed by atoms with van der Waals surface area (Å²) in [5, 5.41) is 0. The van der Waals surface area contributed by atoms with Crippen molar-refractivity contribution in [3.63, 3.8) is 0 Å². The van der Waals surface area contributed by atoms with E-state index in [0.29, 0.717) is 0 Å². The van der Waals surface area contributed by atoms with E-state index in [2.05, 4.69) is 81.6 Å². The summed E-state index contributed by atoms with van der Waals surface area (Å²) in [4.78, 5) is 2.31. The second kappa shape index (κ2) is 6.43. The number of aryl methyl sites for hydroxylation is 6. The predicted octanol–water partition coefficient (Wildman–Crippen LogP) is 5.00. The third kappa shape index (κ3) is 3.10. The summed E-state index contributed by atoms with van der Waals surface area (Å²) in [7, 11) is 0. The molecular formula is C22H28N2. The Morgan fingerprint density at radius 1 is 0.792 bits per heavy atom. The fourth-order valence-electron chi connectivity index (χ4n) is 4.15. The first-order valence-electron chi connectivity index (χ1n) is 8.84. The van der Waals surface area contributed by atoms with E-state index in [9.17, 15) is 0 Å². The van der Waals surface area contributed by atoms with Gasteiger partial charge in [0.1, 0.15) is 0 Å². The maximum atomic E-state index is 3.65. The fraction of sp³-hybridized carbons (Fsp3) is 0.409. The minimum atomic E-state index is 1.03. The van der Waals surface area contributed by atoms with Crippen LogP contribution in [-0.2, 0) is 0 Å². The van der Waals surface area contributed by atoms with Crippen molar-refractivity contribution >= 4 is 17.7 Å². The van der Waals surface area contributed by atoms with Gasteiger partial charge in [-0.15, -0.1) is 0 Å². The molecule has 0 unspecified atom stereocenters. The quantitative estimate of drug-likeness (QED) is 0.558. The van der Waals surface area contributed by atoms with E-state index in [4.69, 9.17) is 0 Å². The van der Waals surface area contributed by atoms with Gasteiger partial charge in [0, 0.05) is 17.8 Å². The lowest BCUT2D eigenvalue weighted by Crippen LogP contribution is -2.35. The first kappa shape index (κ1) is 16.8. The molecule has 0 atom stereocenters. The van der Waals surface area contributed by atoms with Crippen molar-refractivity contribution in [3.8, 4) is 0 Å². The van der Waals surface area contributed by atoms with Crippen LogP contribution in [0.2, 0.25) is 0 Å². The van der Waals surface area contributed by atoms with Crippen LogP contribution in [0.3, 0.4) is 0 Å². The monoisotopic (exact) mass is 320 g/mol. The van der Waals surface area contributed by atoms with Gasteiger partial charge in [0.05, 0.1) is 13.1 Å². The first-order valence-corrected chi connectivity index (χ1v) is 8.84. The third-order valence-electron chi connectivity index (χ3n) is 4.82. The lowest BCUT2D eigenvalue weighted by Gasteiger charge is -2.31. The van der Waals surface area contributed by atoms with Gasteiger partial charge in [-0.05, 0) is 41.5 Å². The summed E-state index contributed by atoms with van der Waals surface area (Å²) in [5.41, 5.74) is 10.6. The van der Waals surface area contributed by atoms with Crippen LogP contribution in [0.25, 0.3) is 0 Å². The highest BCUT2D eigenvalue weighted by atomic mass is 15.2. The third-order valence-corrected chi connectivity index (χ3v) is 4.82. The number of benzene rings is 2. The van der Waals surface area contributed by atoms with Crippen LogP contribution in [0.15, 0.2) is 24.3 Å². The summed E-state index contributed by atoms with van der Waals surface area (Å²) in [6.07, 6.45) is 4.80. The molecule has 1 aliphatic heterocycles. The van der Waals surface area contributed by atoms with Crippen LogP contribution in [-0.4, -0.2) is 24.0 Å². The van der Waals surface area contributed by atoms with Crippen molar-refractivity contribution in [1.82, 2.24) is 0 Å². The second-order valence-corrected chi connectivity index (χ2v) is 7.25. The molecular weight excluding hydrogens is 292 g/mol. The molecule has 0 N–H and O–H groups in total. The molecule has 2 nitrogen and oxygen atoms in total. The van der Waals surface area contributed by atoms with Gasteiger partial charge in [0.25, 0.3) is 0 Å². The average molecular weight is 320 g/mol. The van der Waals surface area contributed by atoms with Crippen molar-refractivity contribution in [2.75, 3.05) is 18.0 Å². The van der Waals surface area contributed by atoms with Crippen molar-refractivity contribution in [2.45, 2.75) is 48.0 Å². The number of nitrogens with zero attached hydrogens (tertiary/aromatic N) is 2. The lowest BCUT2D eigenvalue weighted by atomic mass is 10.0. The van der Waals surface area contributed by atoms with E-state index in [0.717, 1.165) is 19.5 Å². The minimum absolute atomic E-state index is 1.03. The molecule has 0 amide bonds. The molecule has 0 radical (unpaired) electrons. The topological polar surface area (TPSA) is 6.25 Å². The highest BCUT2D eigenvalue weighted by Crippen LogP contribution is 2.29. The van der Waals surface area contributed by atoms with E-state index >= 15 is 0 Å². The molecule has 126 valence electrons. The Balaban J connectivity index is 2.07. The zero-order valence-corrected chi connectivity index (χ0v) is 15.8. The maximum absolute atomic E-state index is 3.65. The van der Waals surface area contributed by atoms with Crippen LogP contribution < -0.4 is 4.90 Å². The van der Waals surface area contributed by atoms with Gasteiger partial charge in [0.2, 0.25) is 6.34 Å². The van der Waals surface area contributed by atoms with E-state index < -0.39 is 0 Å². The molecule has 0 saturated heterocycles. The van der Waals surface area contributed by atoms with Crippen LogP contribution in [0.5, 0.6) is 0 Å². The van der Waals surface area contributed by atoms with Gasteiger partial charge in [-0.3, -0.25) is 0 Å². The van der Waals surface area contributed by atoms with Crippen LogP contribution in [0.1, 0.15) is 39.8 Å². The van der Waals surface area contributed by atoms with E-state index in [-0.39, 0.29) is 0 Å². The van der Waals surface area contributed by atoms with Crippen molar-refractivity contribution < 1.29 is 4.58 Å². The zero-order chi connectivity index (χ0) is 17.4. The Morgan fingerprint density at radius 2 is 1.29 bits per heavy atom. The summed E-state index contributed by atoms with van der Waals surface area (Å²) in [5.74, 6) is 0. The van der Waals surface area contributed by atoms with Gasteiger partial charge in [-0.1, -0.05) is 57.6 Å². The number of anilines is 1. The van der Waals surface area contributed by atoms with Crippen molar-refractivity contribution in [2.24, 2.45) is 0 Å². The Kier molecular flexibility index (Phi) is 4.49. The first-order chi connectivity index (χ1) is 11.4. The Labute approximate surface area is 146 Å². The molecule has 0 aliphatic carbocycles.